The molecule has 1 heterocycles. The summed E-state index contributed by atoms with van der Waals surface area (Å²) in [6.07, 6.45) is 3.08. The van der Waals surface area contributed by atoms with Crippen LogP contribution in [0.5, 0.6) is 0 Å². The van der Waals surface area contributed by atoms with E-state index in [0.717, 1.165) is 32.4 Å². The van der Waals surface area contributed by atoms with E-state index in [2.05, 4.69) is 41.8 Å². The predicted molar refractivity (Wildman–Crippen MR) is 75.9 cm³/mol. The molecule has 1 fully saturated rings. The molecule has 0 bridgehead atoms. The fraction of sp³-hybridized carbons (Fsp3) is 0.500. The zero-order valence-corrected chi connectivity index (χ0v) is 11.6. The van der Waals surface area contributed by atoms with Crippen molar-refractivity contribution in [2.24, 2.45) is 0 Å². The minimum absolute atomic E-state index is 0. The molecule has 2 N–H and O–H groups in total. The van der Waals surface area contributed by atoms with Crippen LogP contribution in [0.4, 0.5) is 0 Å². The summed E-state index contributed by atoms with van der Waals surface area (Å²) in [6.45, 7) is 3.74. The molecule has 1 atom stereocenters. The predicted octanol–water partition coefficient (Wildman–Crippen LogP) is 2.04. The van der Waals surface area contributed by atoms with Crippen LogP contribution in [0.3, 0.4) is 0 Å². The third kappa shape index (κ3) is 4.00. The highest BCUT2D eigenvalue weighted by Gasteiger charge is 2.20. The summed E-state index contributed by atoms with van der Waals surface area (Å²) >= 11 is 0. The lowest BCUT2D eigenvalue weighted by Gasteiger charge is -2.22. The van der Waals surface area contributed by atoms with Gasteiger partial charge in [0.15, 0.2) is 0 Å². The van der Waals surface area contributed by atoms with Crippen molar-refractivity contribution in [3.8, 4) is 0 Å². The van der Waals surface area contributed by atoms with Gasteiger partial charge in [-0.1, -0.05) is 31.2 Å². The van der Waals surface area contributed by atoms with Crippen LogP contribution < -0.4 is 10.6 Å². The van der Waals surface area contributed by atoms with Gasteiger partial charge in [0.2, 0.25) is 5.91 Å². The van der Waals surface area contributed by atoms with Gasteiger partial charge in [-0.2, -0.15) is 0 Å². The Morgan fingerprint density at radius 2 is 1.94 bits per heavy atom. The van der Waals surface area contributed by atoms with E-state index in [9.17, 15) is 4.79 Å². The number of carbonyl (C=O) groups is 1. The molecule has 1 unspecified atom stereocenters. The van der Waals surface area contributed by atoms with Gasteiger partial charge in [0, 0.05) is 13.1 Å². The molecule has 2 rings (SSSR count). The number of hydrogen-bond acceptors (Lipinski definition) is 2. The second-order valence-electron chi connectivity index (χ2n) is 4.54. The summed E-state index contributed by atoms with van der Waals surface area (Å²) in [4.78, 5) is 11.5. The molecule has 0 aliphatic carbocycles. The highest BCUT2D eigenvalue weighted by molar-refractivity contribution is 5.85. The Bertz CT molecular complexity index is 378. The van der Waals surface area contributed by atoms with Gasteiger partial charge in [-0.3, -0.25) is 4.79 Å². The zero-order valence-electron chi connectivity index (χ0n) is 10.7. The van der Waals surface area contributed by atoms with Crippen molar-refractivity contribution >= 4 is 18.3 Å². The summed E-state index contributed by atoms with van der Waals surface area (Å²) < 4.78 is 0. The van der Waals surface area contributed by atoms with E-state index in [1.165, 1.54) is 11.1 Å². The molecular formula is C14H21ClN2O. The van der Waals surface area contributed by atoms with E-state index in [1.807, 2.05) is 0 Å². The van der Waals surface area contributed by atoms with Crippen LogP contribution in [0.25, 0.3) is 0 Å². The third-order valence-corrected chi connectivity index (χ3v) is 3.27. The summed E-state index contributed by atoms with van der Waals surface area (Å²) in [5, 5.41) is 6.20. The number of halogens is 1. The van der Waals surface area contributed by atoms with Gasteiger partial charge in [0.05, 0.1) is 6.04 Å². The second kappa shape index (κ2) is 7.39. The van der Waals surface area contributed by atoms with Crippen molar-refractivity contribution in [1.29, 1.82) is 0 Å². The van der Waals surface area contributed by atoms with Crippen LogP contribution in [-0.2, 0) is 17.8 Å². The van der Waals surface area contributed by atoms with Gasteiger partial charge in [0.1, 0.15) is 0 Å². The fourth-order valence-corrected chi connectivity index (χ4v) is 2.10. The molecule has 0 aromatic heterocycles. The van der Waals surface area contributed by atoms with Crippen molar-refractivity contribution in [3.05, 3.63) is 35.4 Å². The van der Waals surface area contributed by atoms with Crippen LogP contribution in [0, 0.1) is 0 Å². The van der Waals surface area contributed by atoms with Gasteiger partial charge in [0.25, 0.3) is 0 Å². The number of amides is 1. The maximum Gasteiger partial charge on any atom is 0.237 e. The molecule has 18 heavy (non-hydrogen) atoms. The Morgan fingerprint density at radius 1 is 1.28 bits per heavy atom. The van der Waals surface area contributed by atoms with Gasteiger partial charge in [-0.05, 0) is 30.4 Å². The first-order chi connectivity index (χ1) is 8.29. The van der Waals surface area contributed by atoms with Crippen molar-refractivity contribution < 1.29 is 4.79 Å². The van der Waals surface area contributed by atoms with E-state index in [-0.39, 0.29) is 24.4 Å². The molecule has 0 spiro atoms. The highest BCUT2D eigenvalue weighted by atomic mass is 35.5. The Morgan fingerprint density at radius 3 is 2.56 bits per heavy atom. The van der Waals surface area contributed by atoms with Crippen LogP contribution in [-0.4, -0.2) is 18.5 Å². The molecule has 1 saturated heterocycles. The fourth-order valence-electron chi connectivity index (χ4n) is 2.10. The first-order valence-electron chi connectivity index (χ1n) is 6.38. The lowest BCUT2D eigenvalue weighted by molar-refractivity contribution is -0.124. The van der Waals surface area contributed by atoms with E-state index in [0.29, 0.717) is 0 Å². The molecule has 1 aromatic rings. The summed E-state index contributed by atoms with van der Waals surface area (Å²) in [5.41, 5.74) is 2.59. The molecule has 1 aliphatic rings. The Kier molecular flexibility index (Phi) is 6.16. The number of nitrogens with one attached hydrogen (secondary N) is 2. The zero-order chi connectivity index (χ0) is 12.1. The van der Waals surface area contributed by atoms with Crippen molar-refractivity contribution in [2.75, 3.05) is 6.54 Å². The Hall–Kier alpha value is -1.06. The number of piperidine rings is 1. The Balaban J connectivity index is 0.00000162. The molecule has 100 valence electrons. The lowest BCUT2D eigenvalue weighted by Crippen LogP contribution is -2.47. The van der Waals surface area contributed by atoms with Crippen LogP contribution in [0.1, 0.15) is 30.9 Å². The number of benzene rings is 1. The topological polar surface area (TPSA) is 41.1 Å². The van der Waals surface area contributed by atoms with Crippen LogP contribution >= 0.6 is 12.4 Å². The second-order valence-corrected chi connectivity index (χ2v) is 4.54. The quantitative estimate of drug-likeness (QED) is 0.877. The summed E-state index contributed by atoms with van der Waals surface area (Å²) in [6, 6.07) is 8.55. The van der Waals surface area contributed by atoms with Gasteiger partial charge < -0.3 is 10.6 Å². The van der Waals surface area contributed by atoms with Crippen molar-refractivity contribution in [3.63, 3.8) is 0 Å². The number of carbonyl (C=O) groups excluding carboxylic acids is 1. The SMILES string of the molecule is CCc1ccc(CNC2CCCNC2=O)cc1.Cl. The average Bonchev–Trinajstić information content (AvgIpc) is 2.38. The minimum atomic E-state index is -0.0189. The molecule has 4 heteroatoms. The van der Waals surface area contributed by atoms with Crippen LogP contribution in [0.15, 0.2) is 24.3 Å². The van der Waals surface area contributed by atoms with Crippen molar-refractivity contribution in [1.82, 2.24) is 10.6 Å². The van der Waals surface area contributed by atoms with Gasteiger partial charge >= 0.3 is 0 Å². The standard InChI is InChI=1S/C14H20N2O.ClH/c1-2-11-5-7-12(8-6-11)10-16-13-4-3-9-15-14(13)17;/h5-8,13,16H,2-4,9-10H2,1H3,(H,15,17);1H. The van der Waals surface area contributed by atoms with Gasteiger partial charge in [-0.25, -0.2) is 0 Å². The van der Waals surface area contributed by atoms with E-state index in [1.54, 1.807) is 0 Å². The largest absolute Gasteiger partial charge is 0.355 e. The molecule has 1 amide bonds. The third-order valence-electron chi connectivity index (χ3n) is 3.27. The normalized spacial score (nSPS) is 18.9. The van der Waals surface area contributed by atoms with Crippen LogP contribution in [0.2, 0.25) is 0 Å². The Labute approximate surface area is 115 Å². The van der Waals surface area contributed by atoms with E-state index < -0.39 is 0 Å². The maximum atomic E-state index is 11.5. The molecule has 1 aliphatic heterocycles. The lowest BCUT2D eigenvalue weighted by atomic mass is 10.1. The first-order valence-corrected chi connectivity index (χ1v) is 6.38. The molecular weight excluding hydrogens is 248 g/mol. The van der Waals surface area contributed by atoms with E-state index in [4.69, 9.17) is 0 Å². The van der Waals surface area contributed by atoms with Gasteiger partial charge in [-0.15, -0.1) is 12.4 Å². The number of rotatable bonds is 4. The molecule has 0 saturated carbocycles. The number of aryl methyl sites for hydroxylation is 1. The van der Waals surface area contributed by atoms with Crippen molar-refractivity contribution in [2.45, 2.75) is 38.8 Å². The summed E-state index contributed by atoms with van der Waals surface area (Å²) in [5.74, 6) is 0.140. The molecule has 0 radical (unpaired) electrons. The molecule has 1 aromatic carbocycles. The smallest absolute Gasteiger partial charge is 0.237 e. The average molecular weight is 269 g/mol. The number of hydrogen-bond donors (Lipinski definition) is 2. The minimum Gasteiger partial charge on any atom is -0.355 e. The molecule has 3 nitrogen and oxygen atoms in total. The summed E-state index contributed by atoms with van der Waals surface area (Å²) in [7, 11) is 0. The van der Waals surface area contributed by atoms with E-state index >= 15 is 0 Å². The monoisotopic (exact) mass is 268 g/mol. The maximum absolute atomic E-state index is 11.5. The highest BCUT2D eigenvalue weighted by Crippen LogP contribution is 2.07. The first kappa shape index (κ1) is 15.0.